The van der Waals surface area contributed by atoms with Crippen LogP contribution in [0.3, 0.4) is 0 Å². The topological polar surface area (TPSA) is 56.9 Å². The monoisotopic (exact) mass is 347 g/mol. The number of hydrogen-bond acceptors (Lipinski definition) is 2. The van der Waals surface area contributed by atoms with Gasteiger partial charge in [-0.15, -0.1) is 0 Å². The van der Waals surface area contributed by atoms with E-state index < -0.39 is 0 Å². The van der Waals surface area contributed by atoms with Crippen LogP contribution in [-0.2, 0) is 24.2 Å². The third-order valence-corrected chi connectivity index (χ3v) is 5.34. The van der Waals surface area contributed by atoms with Gasteiger partial charge in [-0.25, -0.2) is 0 Å². The van der Waals surface area contributed by atoms with Gasteiger partial charge in [0.05, 0.1) is 0 Å². The molecule has 4 heteroatoms. The minimum Gasteiger partial charge on any atom is -0.361 e. The van der Waals surface area contributed by atoms with Gasteiger partial charge < -0.3 is 15.6 Å². The lowest BCUT2D eigenvalue weighted by Gasteiger charge is -2.26. The molecule has 0 aliphatic carbocycles. The van der Waals surface area contributed by atoms with Crippen LogP contribution in [0.5, 0.6) is 0 Å². The summed E-state index contributed by atoms with van der Waals surface area (Å²) in [5.41, 5.74) is 5.08. The number of carbonyl (C=O) groups excluding carboxylic acids is 1. The zero-order valence-electron chi connectivity index (χ0n) is 15.1. The molecule has 2 unspecified atom stereocenters. The number of para-hydroxylation sites is 1. The van der Waals surface area contributed by atoms with Crippen LogP contribution in [0.15, 0.2) is 54.7 Å². The Balaban J connectivity index is 1.32. The molecule has 4 rings (SSSR count). The Kier molecular flexibility index (Phi) is 4.76. The molecule has 0 spiro atoms. The summed E-state index contributed by atoms with van der Waals surface area (Å²) < 4.78 is 0. The number of aromatic amines is 1. The lowest BCUT2D eigenvalue weighted by molar-refractivity contribution is -0.124. The van der Waals surface area contributed by atoms with Crippen molar-refractivity contribution in [3.05, 3.63) is 71.4 Å². The Morgan fingerprint density at radius 2 is 1.92 bits per heavy atom. The van der Waals surface area contributed by atoms with Gasteiger partial charge >= 0.3 is 0 Å². The first-order valence-electron chi connectivity index (χ1n) is 9.33. The second-order valence-electron chi connectivity index (χ2n) is 7.26. The van der Waals surface area contributed by atoms with Crippen molar-refractivity contribution in [3.8, 4) is 0 Å². The van der Waals surface area contributed by atoms with Gasteiger partial charge in [-0.05, 0) is 35.6 Å². The molecule has 2 aromatic carbocycles. The zero-order chi connectivity index (χ0) is 17.9. The second-order valence-corrected chi connectivity index (χ2v) is 7.26. The van der Waals surface area contributed by atoms with Crippen molar-refractivity contribution in [2.24, 2.45) is 5.92 Å². The largest absolute Gasteiger partial charge is 0.361 e. The molecule has 1 aliphatic heterocycles. The summed E-state index contributed by atoms with van der Waals surface area (Å²) in [5.74, 6) is 0.0704. The van der Waals surface area contributed by atoms with Crippen molar-refractivity contribution in [2.45, 2.75) is 32.4 Å². The normalized spacial score (nSPS) is 17.7. The van der Waals surface area contributed by atoms with E-state index in [-0.39, 0.29) is 11.8 Å². The van der Waals surface area contributed by atoms with E-state index in [9.17, 15) is 4.79 Å². The molecule has 2 atom stereocenters. The first-order chi connectivity index (χ1) is 12.7. The molecule has 0 saturated heterocycles. The predicted molar refractivity (Wildman–Crippen MR) is 105 cm³/mol. The molecule has 2 heterocycles. The lowest BCUT2D eigenvalue weighted by Crippen LogP contribution is -2.45. The van der Waals surface area contributed by atoms with E-state index in [0.29, 0.717) is 12.6 Å². The number of nitrogens with one attached hydrogen (secondary N) is 3. The molecule has 26 heavy (non-hydrogen) atoms. The van der Waals surface area contributed by atoms with Crippen molar-refractivity contribution in [1.29, 1.82) is 0 Å². The van der Waals surface area contributed by atoms with E-state index in [4.69, 9.17) is 0 Å². The van der Waals surface area contributed by atoms with E-state index >= 15 is 0 Å². The molecule has 134 valence electrons. The van der Waals surface area contributed by atoms with Gasteiger partial charge in [0.1, 0.15) is 0 Å². The van der Waals surface area contributed by atoms with Gasteiger partial charge in [0.15, 0.2) is 0 Å². The maximum absolute atomic E-state index is 12.5. The quantitative estimate of drug-likeness (QED) is 0.664. The Bertz CT molecular complexity index is 914. The van der Waals surface area contributed by atoms with Crippen LogP contribution >= 0.6 is 0 Å². The standard InChI is InChI=1S/C22H25N3O/c1-15(10-18-13-24-21-9-5-4-8-20(18)21)22(26)25-14-19-11-16-6-2-3-7-17(16)12-23-19/h2-9,13,15,19,23-24H,10-12,14H2,1H3,(H,25,26). The fraction of sp³-hybridized carbons (Fsp3) is 0.318. The SMILES string of the molecule is CC(Cc1c[nH]c2ccccc12)C(=O)NCC1Cc2ccccc2CN1. The lowest BCUT2D eigenvalue weighted by atomic mass is 9.95. The summed E-state index contributed by atoms with van der Waals surface area (Å²) in [6.45, 7) is 3.55. The number of amides is 1. The van der Waals surface area contributed by atoms with Crippen LogP contribution in [0, 0.1) is 5.92 Å². The van der Waals surface area contributed by atoms with Crippen molar-refractivity contribution in [2.75, 3.05) is 6.54 Å². The first-order valence-corrected chi connectivity index (χ1v) is 9.33. The fourth-order valence-electron chi connectivity index (χ4n) is 3.79. The molecule has 1 amide bonds. The summed E-state index contributed by atoms with van der Waals surface area (Å²) >= 11 is 0. The van der Waals surface area contributed by atoms with E-state index in [2.05, 4.69) is 52.0 Å². The highest BCUT2D eigenvalue weighted by atomic mass is 16.1. The number of fused-ring (bicyclic) bond motifs is 2. The number of H-pyrrole nitrogens is 1. The van der Waals surface area contributed by atoms with E-state index in [1.807, 2.05) is 25.3 Å². The van der Waals surface area contributed by atoms with Crippen molar-refractivity contribution < 1.29 is 4.79 Å². The van der Waals surface area contributed by atoms with E-state index in [0.717, 1.165) is 24.9 Å². The molecule has 3 aromatic rings. The number of benzene rings is 2. The van der Waals surface area contributed by atoms with Gasteiger partial charge in [0.25, 0.3) is 0 Å². The summed E-state index contributed by atoms with van der Waals surface area (Å²) in [6.07, 6.45) is 3.73. The third kappa shape index (κ3) is 3.51. The molecule has 0 fully saturated rings. The first kappa shape index (κ1) is 16.9. The van der Waals surface area contributed by atoms with Crippen LogP contribution in [0.4, 0.5) is 0 Å². The van der Waals surface area contributed by atoms with Crippen molar-refractivity contribution in [1.82, 2.24) is 15.6 Å². The summed E-state index contributed by atoms with van der Waals surface area (Å²) in [7, 11) is 0. The van der Waals surface area contributed by atoms with Gasteiger partial charge in [0, 0.05) is 42.1 Å². The van der Waals surface area contributed by atoms with Crippen molar-refractivity contribution in [3.63, 3.8) is 0 Å². The second kappa shape index (κ2) is 7.34. The van der Waals surface area contributed by atoms with Gasteiger partial charge in [-0.1, -0.05) is 49.4 Å². The van der Waals surface area contributed by atoms with Gasteiger partial charge in [0.2, 0.25) is 5.91 Å². The Morgan fingerprint density at radius 1 is 1.15 bits per heavy atom. The van der Waals surface area contributed by atoms with Crippen LogP contribution in [0.2, 0.25) is 0 Å². The fourth-order valence-corrected chi connectivity index (χ4v) is 3.79. The zero-order valence-corrected chi connectivity index (χ0v) is 15.1. The van der Waals surface area contributed by atoms with Crippen LogP contribution in [0.25, 0.3) is 10.9 Å². The molecule has 1 aliphatic rings. The summed E-state index contributed by atoms with van der Waals surface area (Å²) in [4.78, 5) is 15.8. The van der Waals surface area contributed by atoms with Crippen LogP contribution in [-0.4, -0.2) is 23.5 Å². The van der Waals surface area contributed by atoms with Crippen molar-refractivity contribution >= 4 is 16.8 Å². The summed E-state index contributed by atoms with van der Waals surface area (Å²) in [5, 5.41) is 7.86. The van der Waals surface area contributed by atoms with E-state index in [1.54, 1.807) is 0 Å². The maximum atomic E-state index is 12.5. The van der Waals surface area contributed by atoms with Crippen LogP contribution < -0.4 is 10.6 Å². The molecule has 0 bridgehead atoms. The molecular formula is C22H25N3O. The number of hydrogen-bond donors (Lipinski definition) is 3. The maximum Gasteiger partial charge on any atom is 0.223 e. The predicted octanol–water partition coefficient (Wildman–Crippen LogP) is 3.18. The highest BCUT2D eigenvalue weighted by Crippen LogP contribution is 2.21. The van der Waals surface area contributed by atoms with Gasteiger partial charge in [-0.3, -0.25) is 4.79 Å². The van der Waals surface area contributed by atoms with E-state index in [1.165, 1.54) is 22.1 Å². The Hall–Kier alpha value is -2.59. The highest BCUT2D eigenvalue weighted by Gasteiger charge is 2.20. The van der Waals surface area contributed by atoms with Gasteiger partial charge in [-0.2, -0.15) is 0 Å². The number of carbonyl (C=O) groups is 1. The molecule has 4 nitrogen and oxygen atoms in total. The minimum atomic E-state index is -0.0508. The van der Waals surface area contributed by atoms with Crippen LogP contribution in [0.1, 0.15) is 23.6 Å². The average Bonchev–Trinajstić information content (AvgIpc) is 3.09. The minimum absolute atomic E-state index is 0.0508. The third-order valence-electron chi connectivity index (χ3n) is 5.34. The molecule has 0 saturated carbocycles. The number of aromatic nitrogens is 1. The molecule has 0 radical (unpaired) electrons. The Labute approximate surface area is 154 Å². The average molecular weight is 347 g/mol. The highest BCUT2D eigenvalue weighted by molar-refractivity contribution is 5.84. The Morgan fingerprint density at radius 3 is 2.81 bits per heavy atom. The molecule has 3 N–H and O–H groups in total. The smallest absolute Gasteiger partial charge is 0.223 e. The summed E-state index contributed by atoms with van der Waals surface area (Å²) in [6, 6.07) is 17.0. The molecular weight excluding hydrogens is 322 g/mol. The number of rotatable bonds is 5. The molecule has 1 aromatic heterocycles.